The van der Waals surface area contributed by atoms with E-state index in [2.05, 4.69) is 27.1 Å². The molecule has 1 aliphatic carbocycles. The van der Waals surface area contributed by atoms with E-state index in [9.17, 15) is 9.59 Å². The van der Waals surface area contributed by atoms with Gasteiger partial charge in [-0.2, -0.15) is 10.1 Å². The lowest BCUT2D eigenvalue weighted by atomic mass is 9.89. The molecule has 0 bridgehead atoms. The molecule has 0 unspecified atom stereocenters. The van der Waals surface area contributed by atoms with Crippen LogP contribution in [0.25, 0.3) is 28.3 Å². The van der Waals surface area contributed by atoms with E-state index in [4.69, 9.17) is 14.0 Å². The number of benzene rings is 2. The Balaban J connectivity index is 1.23. The standard InChI is InChI=1S/C31H32N6O5/c1-2-5-26-25(18-20-8-10-21(11-9-20)23-6-3-4-7-24(23)27-34-30(39)42-35-27)28(38)36(29-32-19-33-37(26)29)22-12-14-31(15-13-22)40-16-17-41-31/h3-4,6-11,19,22H,2,5,12-18H2,1H3,(H,34,35,39). The number of nitrogens with zero attached hydrogens (tertiary/aromatic N) is 5. The zero-order valence-electron chi connectivity index (χ0n) is 23.4. The number of nitrogens with one attached hydrogen (secondary N) is 1. The molecule has 2 aliphatic rings. The lowest BCUT2D eigenvalue weighted by Crippen LogP contribution is -2.39. The highest BCUT2D eigenvalue weighted by atomic mass is 16.7. The van der Waals surface area contributed by atoms with E-state index in [0.29, 0.717) is 31.2 Å². The minimum absolute atomic E-state index is 0.00102. The monoisotopic (exact) mass is 568 g/mol. The number of rotatable bonds is 7. The molecule has 42 heavy (non-hydrogen) atoms. The molecule has 5 aromatic rings. The molecule has 3 aromatic heterocycles. The van der Waals surface area contributed by atoms with Gasteiger partial charge >= 0.3 is 5.76 Å². The van der Waals surface area contributed by atoms with Gasteiger partial charge in [0.1, 0.15) is 6.33 Å². The molecule has 4 heterocycles. The summed E-state index contributed by atoms with van der Waals surface area (Å²) in [6.45, 7) is 3.35. The first kappa shape index (κ1) is 26.5. The van der Waals surface area contributed by atoms with Crippen LogP contribution in [0.1, 0.15) is 61.9 Å². The molecule has 11 heteroatoms. The van der Waals surface area contributed by atoms with Crippen LogP contribution in [0.2, 0.25) is 0 Å². The van der Waals surface area contributed by atoms with Gasteiger partial charge < -0.3 is 9.47 Å². The van der Waals surface area contributed by atoms with Crippen LogP contribution in [0.5, 0.6) is 0 Å². The van der Waals surface area contributed by atoms with Gasteiger partial charge in [0.25, 0.3) is 5.56 Å². The Labute approximate surface area is 241 Å². The summed E-state index contributed by atoms with van der Waals surface area (Å²) in [6.07, 6.45) is 6.68. The molecular formula is C31H32N6O5. The fraction of sp³-hybridized carbons (Fsp3) is 0.387. The van der Waals surface area contributed by atoms with Gasteiger partial charge in [-0.1, -0.05) is 67.0 Å². The van der Waals surface area contributed by atoms with Crippen molar-refractivity contribution < 1.29 is 14.0 Å². The Morgan fingerprint density at radius 2 is 1.74 bits per heavy atom. The molecule has 2 fully saturated rings. The summed E-state index contributed by atoms with van der Waals surface area (Å²) in [5.74, 6) is -0.122. The fourth-order valence-electron chi connectivity index (χ4n) is 6.46. The van der Waals surface area contributed by atoms with Crippen LogP contribution in [0.15, 0.2) is 69.0 Å². The molecule has 1 spiro atoms. The van der Waals surface area contributed by atoms with Gasteiger partial charge in [-0.05, 0) is 36.0 Å². The highest BCUT2D eigenvalue weighted by Gasteiger charge is 2.41. The zero-order chi connectivity index (χ0) is 28.7. The van der Waals surface area contributed by atoms with E-state index in [1.165, 1.54) is 6.33 Å². The highest BCUT2D eigenvalue weighted by molar-refractivity contribution is 5.80. The third kappa shape index (κ3) is 4.68. The van der Waals surface area contributed by atoms with Gasteiger partial charge in [0.2, 0.25) is 5.78 Å². The second kappa shape index (κ2) is 10.8. The highest BCUT2D eigenvalue weighted by Crippen LogP contribution is 2.40. The van der Waals surface area contributed by atoms with Gasteiger partial charge in [-0.3, -0.25) is 18.9 Å². The minimum Gasteiger partial charge on any atom is -0.348 e. The van der Waals surface area contributed by atoms with Crippen LogP contribution >= 0.6 is 0 Å². The number of hydrogen-bond acceptors (Lipinski definition) is 8. The molecule has 7 rings (SSSR count). The maximum absolute atomic E-state index is 14.3. The number of aromatic amines is 1. The van der Waals surface area contributed by atoms with E-state index in [-0.39, 0.29) is 11.6 Å². The van der Waals surface area contributed by atoms with E-state index in [1.54, 1.807) is 0 Å². The first-order chi connectivity index (χ1) is 20.5. The van der Waals surface area contributed by atoms with Crippen molar-refractivity contribution in [3.05, 3.63) is 92.6 Å². The van der Waals surface area contributed by atoms with Crippen molar-refractivity contribution in [2.75, 3.05) is 13.2 Å². The Bertz CT molecular complexity index is 1830. The summed E-state index contributed by atoms with van der Waals surface area (Å²) in [7, 11) is 0. The Kier molecular flexibility index (Phi) is 6.83. The number of fused-ring (bicyclic) bond motifs is 1. The number of H-pyrrole nitrogens is 1. The van der Waals surface area contributed by atoms with Crippen molar-refractivity contribution >= 4 is 5.78 Å². The predicted molar refractivity (Wildman–Crippen MR) is 154 cm³/mol. The smallest absolute Gasteiger partial charge is 0.348 e. The van der Waals surface area contributed by atoms with Crippen LogP contribution in [-0.2, 0) is 22.3 Å². The third-order valence-corrected chi connectivity index (χ3v) is 8.48. The van der Waals surface area contributed by atoms with E-state index >= 15 is 0 Å². The minimum atomic E-state index is -0.596. The molecule has 1 aliphatic heterocycles. The first-order valence-electron chi connectivity index (χ1n) is 14.5. The summed E-state index contributed by atoms with van der Waals surface area (Å²) in [5.41, 5.74) is 5.31. The van der Waals surface area contributed by atoms with E-state index < -0.39 is 11.5 Å². The van der Waals surface area contributed by atoms with Crippen LogP contribution < -0.4 is 11.3 Å². The topological polar surface area (TPSA) is 130 Å². The molecule has 216 valence electrons. The molecule has 0 amide bonds. The lowest BCUT2D eigenvalue weighted by molar-refractivity contribution is -0.181. The molecular weight excluding hydrogens is 536 g/mol. The van der Waals surface area contributed by atoms with Crippen molar-refractivity contribution in [3.63, 3.8) is 0 Å². The van der Waals surface area contributed by atoms with E-state index in [1.807, 2.05) is 57.6 Å². The summed E-state index contributed by atoms with van der Waals surface area (Å²) in [5, 5.41) is 8.42. The number of hydrogen-bond donors (Lipinski definition) is 1. The number of aromatic nitrogens is 6. The Hall–Kier alpha value is -4.35. The largest absolute Gasteiger partial charge is 0.439 e. The quantitative estimate of drug-likeness (QED) is 0.308. The second-order valence-corrected chi connectivity index (χ2v) is 11.0. The summed E-state index contributed by atoms with van der Waals surface area (Å²) < 4.78 is 20.3. The van der Waals surface area contributed by atoms with Gasteiger partial charge in [0.05, 0.1) is 18.9 Å². The molecule has 1 N–H and O–H groups in total. The van der Waals surface area contributed by atoms with Crippen LogP contribution in [0.4, 0.5) is 0 Å². The normalized spacial score (nSPS) is 17.0. The molecule has 0 radical (unpaired) electrons. The van der Waals surface area contributed by atoms with Crippen molar-refractivity contribution in [1.82, 2.24) is 29.3 Å². The summed E-state index contributed by atoms with van der Waals surface area (Å²) >= 11 is 0. The Morgan fingerprint density at radius 1 is 1.00 bits per heavy atom. The average molecular weight is 569 g/mol. The van der Waals surface area contributed by atoms with Gasteiger partial charge in [-0.15, -0.1) is 0 Å². The van der Waals surface area contributed by atoms with Crippen LogP contribution in [0, 0.1) is 0 Å². The molecule has 1 saturated carbocycles. The van der Waals surface area contributed by atoms with Crippen molar-refractivity contribution in [1.29, 1.82) is 0 Å². The average Bonchev–Trinajstić information content (AvgIpc) is 3.78. The fourth-order valence-corrected chi connectivity index (χ4v) is 6.46. The van der Waals surface area contributed by atoms with Gasteiger partial charge in [0.15, 0.2) is 11.6 Å². The number of ether oxygens (including phenoxy) is 2. The van der Waals surface area contributed by atoms with Crippen molar-refractivity contribution in [2.45, 2.75) is 63.7 Å². The van der Waals surface area contributed by atoms with Crippen LogP contribution in [0.3, 0.4) is 0 Å². The third-order valence-electron chi connectivity index (χ3n) is 8.48. The first-order valence-corrected chi connectivity index (χ1v) is 14.5. The van der Waals surface area contributed by atoms with Crippen molar-refractivity contribution in [2.24, 2.45) is 0 Å². The molecule has 2 aromatic carbocycles. The molecule has 0 atom stereocenters. The maximum atomic E-state index is 14.3. The maximum Gasteiger partial charge on any atom is 0.439 e. The second-order valence-electron chi connectivity index (χ2n) is 11.0. The van der Waals surface area contributed by atoms with Gasteiger partial charge in [-0.25, -0.2) is 9.31 Å². The number of aryl methyl sites for hydroxylation is 1. The lowest BCUT2D eigenvalue weighted by Gasteiger charge is -2.36. The van der Waals surface area contributed by atoms with Crippen LogP contribution in [-0.4, -0.2) is 48.3 Å². The zero-order valence-corrected chi connectivity index (χ0v) is 23.4. The summed E-state index contributed by atoms with van der Waals surface area (Å²) in [4.78, 5) is 33.0. The Morgan fingerprint density at radius 3 is 2.43 bits per heavy atom. The molecule has 1 saturated heterocycles. The van der Waals surface area contributed by atoms with Crippen molar-refractivity contribution in [3.8, 4) is 22.5 Å². The molecule has 11 nitrogen and oxygen atoms in total. The van der Waals surface area contributed by atoms with Gasteiger partial charge in [0, 0.05) is 36.4 Å². The predicted octanol–water partition coefficient (Wildman–Crippen LogP) is 4.30. The summed E-state index contributed by atoms with van der Waals surface area (Å²) in [6, 6.07) is 15.8. The SMILES string of the molecule is CCCc1c(Cc2ccc(-c3ccccc3-c3noc(=O)[nH]3)cc2)c(=O)n(C2CCC3(CC2)OCCO3)c2ncnn12. The van der Waals surface area contributed by atoms with E-state index in [0.717, 1.165) is 72.0 Å².